The fraction of sp³-hybridized carbons (Fsp3) is 0.238. The van der Waals surface area contributed by atoms with Crippen molar-refractivity contribution in [2.45, 2.75) is 25.9 Å². The molecule has 4 heteroatoms. The molecule has 2 aromatic carbocycles. The highest BCUT2D eigenvalue weighted by Gasteiger charge is 2.03. The van der Waals surface area contributed by atoms with E-state index in [0.717, 1.165) is 40.6 Å². The standard InChI is InChI=1S/C21H21NO3/c1-24-21(23)11-5-7-16-6-4-9-19(13-16)25-15-17-12-18-8-2-3-10-20(18)22-14-17/h2-4,6,8-10,12-14H,5,7,11,15H2,1H3. The van der Waals surface area contributed by atoms with E-state index in [2.05, 4.69) is 15.8 Å². The summed E-state index contributed by atoms with van der Waals surface area (Å²) >= 11 is 0. The van der Waals surface area contributed by atoms with Crippen LogP contribution >= 0.6 is 0 Å². The molecule has 4 nitrogen and oxygen atoms in total. The zero-order valence-corrected chi connectivity index (χ0v) is 14.3. The average molecular weight is 335 g/mol. The van der Waals surface area contributed by atoms with Gasteiger partial charge in [-0.15, -0.1) is 0 Å². The summed E-state index contributed by atoms with van der Waals surface area (Å²) in [6.45, 7) is 0.476. The van der Waals surface area contributed by atoms with E-state index in [-0.39, 0.29) is 5.97 Å². The lowest BCUT2D eigenvalue weighted by Crippen LogP contribution is -2.01. The van der Waals surface area contributed by atoms with Crippen LogP contribution in [-0.4, -0.2) is 18.1 Å². The van der Waals surface area contributed by atoms with Gasteiger partial charge in [0, 0.05) is 23.6 Å². The van der Waals surface area contributed by atoms with Crippen molar-refractivity contribution in [3.05, 3.63) is 71.9 Å². The minimum atomic E-state index is -0.170. The summed E-state index contributed by atoms with van der Waals surface area (Å²) in [6, 6.07) is 18.1. The molecule has 0 aliphatic carbocycles. The van der Waals surface area contributed by atoms with Crippen LogP contribution in [0, 0.1) is 0 Å². The van der Waals surface area contributed by atoms with Gasteiger partial charge in [-0.25, -0.2) is 0 Å². The molecule has 0 aliphatic rings. The number of esters is 1. The predicted octanol–water partition coefficient (Wildman–Crippen LogP) is 4.31. The Labute approximate surface area is 147 Å². The molecule has 0 aliphatic heterocycles. The molecule has 1 heterocycles. The number of para-hydroxylation sites is 1. The third-order valence-electron chi connectivity index (χ3n) is 4.03. The number of hydrogen-bond donors (Lipinski definition) is 0. The molecule has 0 unspecified atom stereocenters. The molecule has 0 amide bonds. The fourth-order valence-corrected chi connectivity index (χ4v) is 2.69. The number of ether oxygens (including phenoxy) is 2. The highest BCUT2D eigenvalue weighted by molar-refractivity contribution is 5.78. The van der Waals surface area contributed by atoms with Crippen LogP contribution in [0.25, 0.3) is 10.9 Å². The van der Waals surface area contributed by atoms with Gasteiger partial charge >= 0.3 is 5.97 Å². The zero-order valence-electron chi connectivity index (χ0n) is 14.3. The number of benzene rings is 2. The van der Waals surface area contributed by atoms with Crippen molar-refractivity contribution in [2.24, 2.45) is 0 Å². The van der Waals surface area contributed by atoms with E-state index in [4.69, 9.17) is 4.74 Å². The van der Waals surface area contributed by atoms with Gasteiger partial charge in [0.15, 0.2) is 0 Å². The molecule has 25 heavy (non-hydrogen) atoms. The number of carbonyl (C=O) groups is 1. The summed E-state index contributed by atoms with van der Waals surface area (Å²) in [5.41, 5.74) is 3.17. The van der Waals surface area contributed by atoms with E-state index in [1.54, 1.807) is 0 Å². The Balaban J connectivity index is 1.58. The van der Waals surface area contributed by atoms with E-state index < -0.39 is 0 Å². The second-order valence-electron chi connectivity index (χ2n) is 5.90. The van der Waals surface area contributed by atoms with Crippen LogP contribution in [0.2, 0.25) is 0 Å². The van der Waals surface area contributed by atoms with Crippen molar-refractivity contribution in [2.75, 3.05) is 7.11 Å². The van der Waals surface area contributed by atoms with Gasteiger partial charge in [-0.1, -0.05) is 30.3 Å². The molecule has 0 radical (unpaired) electrons. The first-order chi connectivity index (χ1) is 12.2. The summed E-state index contributed by atoms with van der Waals surface area (Å²) in [5.74, 6) is 0.653. The lowest BCUT2D eigenvalue weighted by atomic mass is 10.1. The first-order valence-corrected chi connectivity index (χ1v) is 8.37. The normalized spacial score (nSPS) is 10.6. The largest absolute Gasteiger partial charge is 0.489 e. The molecule has 0 N–H and O–H groups in total. The van der Waals surface area contributed by atoms with Crippen molar-refractivity contribution in [1.29, 1.82) is 0 Å². The first-order valence-electron chi connectivity index (χ1n) is 8.37. The monoisotopic (exact) mass is 335 g/mol. The number of hydrogen-bond acceptors (Lipinski definition) is 4. The van der Waals surface area contributed by atoms with Crippen LogP contribution < -0.4 is 4.74 Å². The van der Waals surface area contributed by atoms with Crippen LogP contribution in [-0.2, 0) is 22.6 Å². The minimum Gasteiger partial charge on any atom is -0.489 e. The lowest BCUT2D eigenvalue weighted by Gasteiger charge is -2.09. The molecule has 0 spiro atoms. The number of aromatic nitrogens is 1. The summed E-state index contributed by atoms with van der Waals surface area (Å²) in [7, 11) is 1.42. The lowest BCUT2D eigenvalue weighted by molar-refractivity contribution is -0.140. The highest BCUT2D eigenvalue weighted by Crippen LogP contribution is 2.18. The van der Waals surface area contributed by atoms with Crippen LogP contribution in [0.5, 0.6) is 5.75 Å². The van der Waals surface area contributed by atoms with Gasteiger partial charge in [0.25, 0.3) is 0 Å². The van der Waals surface area contributed by atoms with E-state index in [1.807, 2.05) is 54.7 Å². The van der Waals surface area contributed by atoms with Crippen LogP contribution in [0.4, 0.5) is 0 Å². The minimum absolute atomic E-state index is 0.170. The number of rotatable bonds is 7. The Kier molecular flexibility index (Phi) is 5.62. The van der Waals surface area contributed by atoms with Crippen LogP contribution in [0.3, 0.4) is 0 Å². The molecule has 1 aromatic heterocycles. The maximum atomic E-state index is 11.2. The average Bonchev–Trinajstić information content (AvgIpc) is 2.66. The Morgan fingerprint density at radius 3 is 2.80 bits per heavy atom. The Hall–Kier alpha value is -2.88. The SMILES string of the molecule is COC(=O)CCCc1cccc(OCc2cnc3ccccc3c2)c1. The number of pyridine rings is 1. The fourth-order valence-electron chi connectivity index (χ4n) is 2.69. The summed E-state index contributed by atoms with van der Waals surface area (Å²) in [6.07, 6.45) is 3.88. The third-order valence-corrected chi connectivity index (χ3v) is 4.03. The van der Waals surface area contributed by atoms with E-state index in [1.165, 1.54) is 7.11 Å². The number of methoxy groups -OCH3 is 1. The molecule has 0 atom stereocenters. The van der Waals surface area contributed by atoms with Crippen molar-refractivity contribution in [3.8, 4) is 5.75 Å². The van der Waals surface area contributed by atoms with Gasteiger partial charge in [0.05, 0.1) is 12.6 Å². The highest BCUT2D eigenvalue weighted by atomic mass is 16.5. The Bertz CT molecular complexity index is 860. The van der Waals surface area contributed by atoms with Crippen molar-refractivity contribution in [1.82, 2.24) is 4.98 Å². The first kappa shape index (κ1) is 17.0. The summed E-state index contributed by atoms with van der Waals surface area (Å²) in [5, 5.41) is 1.11. The molecule has 3 rings (SSSR count). The predicted molar refractivity (Wildman–Crippen MR) is 97.5 cm³/mol. The van der Waals surface area contributed by atoms with Gasteiger partial charge in [0.2, 0.25) is 0 Å². The third kappa shape index (κ3) is 4.80. The molecule has 0 saturated heterocycles. The molecule has 128 valence electrons. The Morgan fingerprint density at radius 1 is 1.04 bits per heavy atom. The van der Waals surface area contributed by atoms with Crippen LogP contribution in [0.15, 0.2) is 60.8 Å². The summed E-state index contributed by atoms with van der Waals surface area (Å²) in [4.78, 5) is 15.6. The van der Waals surface area contributed by atoms with E-state index in [0.29, 0.717) is 13.0 Å². The summed E-state index contributed by atoms with van der Waals surface area (Å²) < 4.78 is 10.6. The number of nitrogens with zero attached hydrogens (tertiary/aromatic N) is 1. The van der Waals surface area contributed by atoms with Gasteiger partial charge in [0.1, 0.15) is 12.4 Å². The van der Waals surface area contributed by atoms with E-state index in [9.17, 15) is 4.79 Å². The topological polar surface area (TPSA) is 48.4 Å². The number of fused-ring (bicyclic) bond motifs is 1. The maximum Gasteiger partial charge on any atom is 0.305 e. The zero-order chi connectivity index (χ0) is 17.5. The molecule has 0 fully saturated rings. The quantitative estimate of drug-likeness (QED) is 0.604. The molecular weight excluding hydrogens is 314 g/mol. The number of carbonyl (C=O) groups excluding carboxylic acids is 1. The van der Waals surface area contributed by atoms with Gasteiger partial charge < -0.3 is 9.47 Å². The second kappa shape index (κ2) is 8.29. The number of aryl methyl sites for hydroxylation is 1. The smallest absolute Gasteiger partial charge is 0.305 e. The molecular formula is C21H21NO3. The maximum absolute atomic E-state index is 11.2. The van der Waals surface area contributed by atoms with Gasteiger partial charge in [-0.05, 0) is 42.7 Å². The van der Waals surface area contributed by atoms with Gasteiger partial charge in [-0.2, -0.15) is 0 Å². The van der Waals surface area contributed by atoms with Crippen molar-refractivity contribution >= 4 is 16.9 Å². The molecule has 3 aromatic rings. The van der Waals surface area contributed by atoms with Gasteiger partial charge in [-0.3, -0.25) is 9.78 Å². The second-order valence-corrected chi connectivity index (χ2v) is 5.90. The Morgan fingerprint density at radius 2 is 1.92 bits per heavy atom. The molecule has 0 saturated carbocycles. The van der Waals surface area contributed by atoms with E-state index >= 15 is 0 Å². The van der Waals surface area contributed by atoms with Crippen molar-refractivity contribution in [3.63, 3.8) is 0 Å². The van der Waals surface area contributed by atoms with Crippen LogP contribution in [0.1, 0.15) is 24.0 Å². The van der Waals surface area contributed by atoms with Crippen molar-refractivity contribution < 1.29 is 14.3 Å². The molecule has 0 bridgehead atoms.